The van der Waals surface area contributed by atoms with Crippen molar-refractivity contribution >= 4 is 43.5 Å². The van der Waals surface area contributed by atoms with E-state index >= 15 is 0 Å². The number of ether oxygens (including phenoxy) is 1. The maximum Gasteiger partial charge on any atom is 0.326 e. The van der Waals surface area contributed by atoms with Gasteiger partial charge in [-0.05, 0) is 36.4 Å². The van der Waals surface area contributed by atoms with Gasteiger partial charge in [-0.1, -0.05) is 33.6 Å². The Morgan fingerprint density at radius 3 is 2.50 bits per heavy atom. The van der Waals surface area contributed by atoms with Gasteiger partial charge in [-0.15, -0.1) is 0 Å². The minimum Gasteiger partial charge on any atom is -0.460 e. The molecule has 0 aliphatic rings. The number of rotatable bonds is 7. The van der Waals surface area contributed by atoms with Gasteiger partial charge >= 0.3 is 5.97 Å². The van der Waals surface area contributed by atoms with Crippen molar-refractivity contribution in [3.05, 3.63) is 63.3 Å². The predicted molar refractivity (Wildman–Crippen MR) is 96.5 cm³/mol. The lowest BCUT2D eigenvalue weighted by Crippen LogP contribution is -2.44. The van der Waals surface area contributed by atoms with Crippen LogP contribution in [0.3, 0.4) is 0 Å². The van der Waals surface area contributed by atoms with Crippen molar-refractivity contribution in [3.63, 3.8) is 0 Å². The zero-order chi connectivity index (χ0) is 19.3. The number of carbonyl (C=O) groups excluding carboxylic acids is 1. The number of aliphatic hydroxyl groups is 1. The topological polar surface area (TPSA) is 92.7 Å². The van der Waals surface area contributed by atoms with Crippen molar-refractivity contribution in [2.45, 2.75) is 17.5 Å². The summed E-state index contributed by atoms with van der Waals surface area (Å²) in [5, 5.41) is 9.39. The highest BCUT2D eigenvalue weighted by Crippen LogP contribution is 2.19. The Bertz CT molecular complexity index is 892. The number of esters is 1. The lowest BCUT2D eigenvalue weighted by Gasteiger charge is -2.16. The second-order valence-electron chi connectivity index (χ2n) is 5.15. The van der Waals surface area contributed by atoms with E-state index in [1.165, 1.54) is 30.3 Å². The average molecular weight is 467 g/mol. The summed E-state index contributed by atoms with van der Waals surface area (Å²) in [7, 11) is -4.04. The van der Waals surface area contributed by atoms with Crippen molar-refractivity contribution < 1.29 is 27.4 Å². The first kappa shape index (κ1) is 20.8. The lowest BCUT2D eigenvalue weighted by atomic mass is 10.2. The molecule has 2 aromatic rings. The van der Waals surface area contributed by atoms with Crippen LogP contribution in [0.2, 0.25) is 5.02 Å². The van der Waals surface area contributed by atoms with E-state index in [1.807, 2.05) is 0 Å². The largest absolute Gasteiger partial charge is 0.460 e. The first-order chi connectivity index (χ1) is 12.2. The summed E-state index contributed by atoms with van der Waals surface area (Å²) in [5.74, 6) is -1.53. The van der Waals surface area contributed by atoms with Gasteiger partial charge in [-0.3, -0.25) is 4.79 Å². The minimum atomic E-state index is -4.04. The third kappa shape index (κ3) is 5.49. The zero-order valence-corrected chi connectivity index (χ0v) is 16.3. The molecule has 10 heteroatoms. The molecule has 140 valence electrons. The fourth-order valence-corrected chi connectivity index (χ4v) is 3.58. The maximum absolute atomic E-state index is 13.0. The smallest absolute Gasteiger partial charge is 0.326 e. The molecule has 0 saturated heterocycles. The van der Waals surface area contributed by atoms with Crippen molar-refractivity contribution in [1.29, 1.82) is 0 Å². The average Bonchev–Trinajstić information content (AvgIpc) is 2.59. The van der Waals surface area contributed by atoms with Gasteiger partial charge in [-0.25, -0.2) is 12.8 Å². The molecular weight excluding hydrogens is 453 g/mol. The van der Waals surface area contributed by atoms with Gasteiger partial charge in [0.05, 0.1) is 16.5 Å². The van der Waals surface area contributed by atoms with Gasteiger partial charge in [0.25, 0.3) is 0 Å². The molecule has 0 saturated carbocycles. The van der Waals surface area contributed by atoms with Gasteiger partial charge in [0.1, 0.15) is 18.5 Å². The SMILES string of the molecule is O=C(OCc1ccc(F)cc1Cl)C(CO)NS(=O)(=O)c1ccc(Br)cc1. The number of carbonyl (C=O) groups is 1. The van der Waals surface area contributed by atoms with Gasteiger partial charge < -0.3 is 9.84 Å². The van der Waals surface area contributed by atoms with Gasteiger partial charge in [0, 0.05) is 10.0 Å². The Morgan fingerprint density at radius 2 is 1.92 bits per heavy atom. The number of benzene rings is 2. The van der Waals surface area contributed by atoms with Gasteiger partial charge in [-0.2, -0.15) is 4.72 Å². The van der Waals surface area contributed by atoms with E-state index in [2.05, 4.69) is 20.7 Å². The summed E-state index contributed by atoms with van der Waals surface area (Å²) in [5.41, 5.74) is 0.342. The van der Waals surface area contributed by atoms with Crippen LogP contribution in [0.1, 0.15) is 5.56 Å². The fourth-order valence-electron chi connectivity index (χ4n) is 1.92. The van der Waals surface area contributed by atoms with Gasteiger partial charge in [0.2, 0.25) is 10.0 Å². The molecule has 0 aliphatic carbocycles. The fraction of sp³-hybridized carbons (Fsp3) is 0.188. The van der Waals surface area contributed by atoms with Crippen molar-refractivity contribution in [1.82, 2.24) is 4.72 Å². The number of hydrogen-bond acceptors (Lipinski definition) is 5. The van der Waals surface area contributed by atoms with Gasteiger partial charge in [0.15, 0.2) is 0 Å². The second-order valence-corrected chi connectivity index (χ2v) is 8.19. The number of sulfonamides is 1. The lowest BCUT2D eigenvalue weighted by molar-refractivity contribution is -0.148. The number of halogens is 3. The van der Waals surface area contributed by atoms with Crippen LogP contribution in [0.5, 0.6) is 0 Å². The standard InChI is InChI=1S/C16H14BrClFNO5S/c17-11-2-5-13(6-3-11)26(23,24)20-15(8-21)16(22)25-9-10-1-4-12(19)7-14(10)18/h1-7,15,20-21H,8-9H2. The van der Waals surface area contributed by atoms with Crippen molar-refractivity contribution in [2.75, 3.05) is 6.61 Å². The number of nitrogens with one attached hydrogen (secondary N) is 1. The van der Waals surface area contributed by atoms with Crippen LogP contribution in [0.4, 0.5) is 4.39 Å². The Balaban J connectivity index is 2.05. The molecule has 0 aliphatic heterocycles. The van der Waals surface area contributed by atoms with Crippen molar-refractivity contribution in [3.8, 4) is 0 Å². The molecule has 0 spiro atoms. The highest BCUT2D eigenvalue weighted by Gasteiger charge is 2.26. The van der Waals surface area contributed by atoms with Crippen LogP contribution in [-0.2, 0) is 26.2 Å². The second kappa shape index (κ2) is 8.92. The zero-order valence-electron chi connectivity index (χ0n) is 13.2. The maximum atomic E-state index is 13.0. The van der Waals surface area contributed by atoms with Crippen LogP contribution in [-0.4, -0.2) is 32.1 Å². The molecule has 26 heavy (non-hydrogen) atoms. The molecule has 1 atom stereocenters. The Morgan fingerprint density at radius 1 is 1.27 bits per heavy atom. The summed E-state index contributed by atoms with van der Waals surface area (Å²) in [6, 6.07) is 7.77. The molecule has 1 unspecified atom stereocenters. The third-order valence-electron chi connectivity index (χ3n) is 3.27. The summed E-state index contributed by atoms with van der Waals surface area (Å²) < 4.78 is 45.3. The summed E-state index contributed by atoms with van der Waals surface area (Å²) in [6.45, 7) is -1.10. The normalized spacial score (nSPS) is 12.6. The van der Waals surface area contributed by atoms with Crippen LogP contribution >= 0.6 is 27.5 Å². The van der Waals surface area contributed by atoms with Crippen LogP contribution in [0, 0.1) is 5.82 Å². The molecule has 0 heterocycles. The molecule has 0 fully saturated rings. The first-order valence-electron chi connectivity index (χ1n) is 7.22. The van der Waals surface area contributed by atoms with Crippen LogP contribution < -0.4 is 4.72 Å². The van der Waals surface area contributed by atoms with Crippen LogP contribution in [0.15, 0.2) is 51.8 Å². The Hall–Kier alpha value is -1.52. The molecule has 0 amide bonds. The third-order valence-corrected chi connectivity index (χ3v) is 5.64. The summed E-state index contributed by atoms with van der Waals surface area (Å²) in [6.07, 6.45) is 0. The molecule has 6 nitrogen and oxygen atoms in total. The van der Waals surface area contributed by atoms with E-state index in [-0.39, 0.29) is 16.5 Å². The van der Waals surface area contributed by atoms with E-state index in [9.17, 15) is 22.7 Å². The molecule has 0 bridgehead atoms. The molecule has 2 N–H and O–H groups in total. The highest BCUT2D eigenvalue weighted by atomic mass is 79.9. The van der Waals surface area contributed by atoms with E-state index in [0.717, 1.165) is 12.1 Å². The molecule has 0 radical (unpaired) electrons. The molecule has 2 rings (SSSR count). The summed E-state index contributed by atoms with van der Waals surface area (Å²) >= 11 is 9.02. The van der Waals surface area contributed by atoms with E-state index < -0.39 is 34.5 Å². The highest BCUT2D eigenvalue weighted by molar-refractivity contribution is 9.10. The molecule has 2 aromatic carbocycles. The number of aliphatic hydroxyl groups excluding tert-OH is 1. The first-order valence-corrected chi connectivity index (χ1v) is 9.87. The van der Waals surface area contributed by atoms with E-state index in [4.69, 9.17) is 16.3 Å². The molecular formula is C16H14BrClFNO5S. The van der Waals surface area contributed by atoms with Crippen LogP contribution in [0.25, 0.3) is 0 Å². The number of hydrogen-bond donors (Lipinski definition) is 2. The monoisotopic (exact) mass is 465 g/mol. The summed E-state index contributed by atoms with van der Waals surface area (Å²) in [4.78, 5) is 12.0. The minimum absolute atomic E-state index is 0.0637. The Kier molecular flexibility index (Phi) is 7.13. The Labute approximate surface area is 163 Å². The molecule has 0 aromatic heterocycles. The quantitative estimate of drug-likeness (QED) is 0.612. The predicted octanol–water partition coefficient (Wildman–Crippen LogP) is 2.62. The van der Waals surface area contributed by atoms with E-state index in [0.29, 0.717) is 10.0 Å². The van der Waals surface area contributed by atoms with E-state index in [1.54, 1.807) is 0 Å². The van der Waals surface area contributed by atoms with Crippen molar-refractivity contribution in [2.24, 2.45) is 0 Å².